The molecule has 0 aliphatic rings. The molecule has 3 nitrogen and oxygen atoms in total. The van der Waals surface area contributed by atoms with Gasteiger partial charge in [-0.05, 0) is 55.6 Å². The van der Waals surface area contributed by atoms with Crippen LogP contribution in [0, 0.1) is 5.92 Å². The molecular weight excluding hydrogens is 368 g/mol. The summed E-state index contributed by atoms with van der Waals surface area (Å²) in [6, 6.07) is 0. The van der Waals surface area contributed by atoms with Crippen molar-refractivity contribution in [1.82, 2.24) is 0 Å². The van der Waals surface area contributed by atoms with Crippen molar-refractivity contribution in [3.8, 4) is 0 Å². The Balaban J connectivity index is 0. The number of ether oxygens (including phenoxy) is 1. The summed E-state index contributed by atoms with van der Waals surface area (Å²) in [6.45, 7) is 28.2. The number of rotatable bonds is 13. The van der Waals surface area contributed by atoms with Crippen LogP contribution in [0.5, 0.6) is 0 Å². The molecule has 0 aromatic carbocycles. The van der Waals surface area contributed by atoms with Gasteiger partial charge in [-0.1, -0.05) is 89.5 Å². The van der Waals surface area contributed by atoms with Crippen LogP contribution in [-0.2, 0) is 4.74 Å². The molecule has 0 bridgehead atoms. The van der Waals surface area contributed by atoms with Crippen LogP contribution in [0.2, 0.25) is 0 Å². The van der Waals surface area contributed by atoms with Gasteiger partial charge in [0.05, 0.1) is 6.61 Å². The topological polar surface area (TPSA) is 61.3 Å². The predicted molar refractivity (Wildman–Crippen MR) is 136 cm³/mol. The second kappa shape index (κ2) is 18.1. The fourth-order valence-corrected chi connectivity index (χ4v) is 2.04. The Labute approximate surface area is 185 Å². The quantitative estimate of drug-likeness (QED) is 0.253. The minimum absolute atomic E-state index is 0.510. The first kappa shape index (κ1) is 29.3. The summed E-state index contributed by atoms with van der Waals surface area (Å²) in [7, 11) is 0. The maximum absolute atomic E-state index is 5.41. The third kappa shape index (κ3) is 16.1. The summed E-state index contributed by atoms with van der Waals surface area (Å²) < 4.78 is 5.25. The van der Waals surface area contributed by atoms with Crippen LogP contribution in [0.4, 0.5) is 0 Å². The maximum atomic E-state index is 5.41. The van der Waals surface area contributed by atoms with Crippen molar-refractivity contribution < 1.29 is 4.74 Å². The fraction of sp³-hybridized carbons (Fsp3) is 0.333. The second-order valence-electron chi connectivity index (χ2n) is 6.87. The van der Waals surface area contributed by atoms with Gasteiger partial charge in [-0.15, -0.1) is 0 Å². The first-order valence-electron chi connectivity index (χ1n) is 10.4. The van der Waals surface area contributed by atoms with Crippen LogP contribution in [0.3, 0.4) is 0 Å². The number of hydrogen-bond acceptors (Lipinski definition) is 3. The van der Waals surface area contributed by atoms with Crippen molar-refractivity contribution in [3.05, 3.63) is 109 Å². The molecule has 4 N–H and O–H groups in total. The molecule has 0 aliphatic carbocycles. The summed E-state index contributed by atoms with van der Waals surface area (Å²) in [5.41, 5.74) is 14.9. The Morgan fingerprint density at radius 3 is 1.97 bits per heavy atom. The van der Waals surface area contributed by atoms with E-state index in [0.29, 0.717) is 29.7 Å². The lowest BCUT2D eigenvalue weighted by atomic mass is 9.95. The maximum Gasteiger partial charge on any atom is 0.112 e. The average molecular weight is 411 g/mol. The smallest absolute Gasteiger partial charge is 0.112 e. The van der Waals surface area contributed by atoms with Gasteiger partial charge in [-0.2, -0.15) is 0 Å². The van der Waals surface area contributed by atoms with E-state index in [1.165, 1.54) is 19.3 Å². The van der Waals surface area contributed by atoms with Crippen molar-refractivity contribution in [2.45, 2.75) is 47.0 Å². The molecule has 0 amide bonds. The first-order chi connectivity index (χ1) is 14.1. The lowest BCUT2D eigenvalue weighted by Crippen LogP contribution is -1.98. The Bertz CT molecular complexity index is 702. The minimum Gasteiger partial charge on any atom is -0.495 e. The van der Waals surface area contributed by atoms with Gasteiger partial charge in [0, 0.05) is 11.4 Å². The van der Waals surface area contributed by atoms with Gasteiger partial charge in [-0.3, -0.25) is 0 Å². The molecule has 0 saturated heterocycles. The number of allylic oxidation sites excluding steroid dienone is 10. The van der Waals surface area contributed by atoms with E-state index < -0.39 is 0 Å². The Morgan fingerprint density at radius 2 is 1.50 bits per heavy atom. The third-order valence-corrected chi connectivity index (χ3v) is 4.24. The van der Waals surface area contributed by atoms with E-state index in [2.05, 4.69) is 46.7 Å². The van der Waals surface area contributed by atoms with Crippen LogP contribution >= 0.6 is 0 Å². The molecule has 0 spiro atoms. The highest BCUT2D eigenvalue weighted by Crippen LogP contribution is 2.19. The summed E-state index contributed by atoms with van der Waals surface area (Å²) in [4.78, 5) is 0. The van der Waals surface area contributed by atoms with Crippen molar-refractivity contribution in [3.63, 3.8) is 0 Å². The predicted octanol–water partition coefficient (Wildman–Crippen LogP) is 7.02. The van der Waals surface area contributed by atoms with Gasteiger partial charge < -0.3 is 16.2 Å². The van der Waals surface area contributed by atoms with Crippen molar-refractivity contribution in [1.29, 1.82) is 0 Å². The van der Waals surface area contributed by atoms with Gasteiger partial charge in [0.15, 0.2) is 0 Å². The largest absolute Gasteiger partial charge is 0.495 e. The van der Waals surface area contributed by atoms with Crippen LogP contribution in [-0.4, -0.2) is 6.61 Å². The first-order valence-corrected chi connectivity index (χ1v) is 10.4. The summed E-state index contributed by atoms with van der Waals surface area (Å²) in [6.07, 6.45) is 16.3. The SMILES string of the molecule is C=C(/C=C\C(=C)C(=C)/C=C\C(=C)C(C)CCCC)OCC.C=C/C(N)=C\C(N)=C/C. The molecule has 0 saturated carbocycles. The van der Waals surface area contributed by atoms with Gasteiger partial charge in [-0.25, -0.2) is 0 Å². The summed E-state index contributed by atoms with van der Waals surface area (Å²) >= 11 is 0. The highest BCUT2D eigenvalue weighted by molar-refractivity contribution is 5.45. The molecule has 0 fully saturated rings. The molecule has 3 heteroatoms. The summed E-state index contributed by atoms with van der Waals surface area (Å²) in [5, 5.41) is 0. The second-order valence-corrected chi connectivity index (χ2v) is 6.87. The molecule has 1 unspecified atom stereocenters. The number of unbranched alkanes of at least 4 members (excludes halogenated alkanes) is 1. The molecule has 0 rings (SSSR count). The highest BCUT2D eigenvalue weighted by Gasteiger charge is 2.03. The molecule has 0 heterocycles. The van der Waals surface area contributed by atoms with E-state index in [9.17, 15) is 0 Å². The molecule has 30 heavy (non-hydrogen) atoms. The van der Waals surface area contributed by atoms with Crippen LogP contribution in [0.1, 0.15) is 47.0 Å². The van der Waals surface area contributed by atoms with Gasteiger partial charge in [0.2, 0.25) is 0 Å². The molecule has 166 valence electrons. The van der Waals surface area contributed by atoms with Crippen molar-refractivity contribution >= 4 is 0 Å². The standard InChI is InChI=1S/C20H30O.C7H12N2/c1-8-10-11-16(3)17(4)12-13-18(5)19(6)14-15-20(7)21-9-2;1-3-6(8)5-7(9)4-2/h12-16H,4-11H2,1-3H3;3-5H,1,8-9H2,2H3/b13-12-,15-14-;6-5+,7-4+. The zero-order valence-corrected chi connectivity index (χ0v) is 19.5. The van der Waals surface area contributed by atoms with E-state index in [-0.39, 0.29) is 0 Å². The van der Waals surface area contributed by atoms with Crippen LogP contribution in [0.25, 0.3) is 0 Å². The third-order valence-electron chi connectivity index (χ3n) is 4.24. The lowest BCUT2D eigenvalue weighted by molar-refractivity contribution is 0.244. The highest BCUT2D eigenvalue weighted by atomic mass is 16.5. The van der Waals surface area contributed by atoms with E-state index in [1.807, 2.05) is 38.2 Å². The Kier molecular flexibility index (Phi) is 17.7. The number of nitrogens with two attached hydrogens (primary N) is 2. The van der Waals surface area contributed by atoms with Crippen molar-refractivity contribution in [2.24, 2.45) is 17.4 Å². The monoisotopic (exact) mass is 410 g/mol. The summed E-state index contributed by atoms with van der Waals surface area (Å²) in [5.74, 6) is 1.14. The van der Waals surface area contributed by atoms with Crippen molar-refractivity contribution in [2.75, 3.05) is 6.61 Å². The average Bonchev–Trinajstić information content (AvgIpc) is 2.73. The van der Waals surface area contributed by atoms with E-state index >= 15 is 0 Å². The van der Waals surface area contributed by atoms with Crippen LogP contribution in [0.15, 0.2) is 109 Å². The molecule has 0 radical (unpaired) electrons. The molecule has 0 aromatic heterocycles. The van der Waals surface area contributed by atoms with E-state index in [1.54, 1.807) is 18.2 Å². The zero-order chi connectivity index (χ0) is 23.5. The normalized spacial score (nSPS) is 12.8. The molecule has 0 aliphatic heterocycles. The van der Waals surface area contributed by atoms with Gasteiger partial charge in [0.25, 0.3) is 0 Å². The Hall–Kier alpha value is -2.94. The molecule has 1 atom stereocenters. The van der Waals surface area contributed by atoms with E-state index in [0.717, 1.165) is 16.7 Å². The van der Waals surface area contributed by atoms with Crippen LogP contribution < -0.4 is 11.5 Å². The lowest BCUT2D eigenvalue weighted by Gasteiger charge is -2.10. The van der Waals surface area contributed by atoms with Gasteiger partial charge in [0.1, 0.15) is 5.76 Å². The molecular formula is C27H42N2O. The van der Waals surface area contributed by atoms with E-state index in [4.69, 9.17) is 16.2 Å². The van der Waals surface area contributed by atoms with Gasteiger partial charge >= 0.3 is 0 Å². The zero-order valence-electron chi connectivity index (χ0n) is 19.5. The fourth-order valence-electron chi connectivity index (χ4n) is 2.04. The minimum atomic E-state index is 0.510. The number of hydrogen-bond donors (Lipinski definition) is 2. The Morgan fingerprint density at radius 1 is 0.933 bits per heavy atom. The molecule has 0 aromatic rings.